The first-order valence-electron chi connectivity index (χ1n) is 8.67. The molecule has 4 heteroatoms. The summed E-state index contributed by atoms with van der Waals surface area (Å²) >= 11 is 0. The van der Waals surface area contributed by atoms with Gasteiger partial charge in [0.15, 0.2) is 0 Å². The largest absolute Gasteiger partial charge is 0.360 e. The molecule has 2 rings (SSSR count). The summed E-state index contributed by atoms with van der Waals surface area (Å²) in [6.07, 6.45) is 1.44. The second kappa shape index (κ2) is 8.35. The molecule has 0 fully saturated rings. The lowest BCUT2D eigenvalue weighted by Gasteiger charge is -2.12. The molecule has 0 radical (unpaired) electrons. The molecule has 2 aromatic carbocycles. The van der Waals surface area contributed by atoms with E-state index in [0.717, 1.165) is 28.1 Å². The highest BCUT2D eigenvalue weighted by Gasteiger charge is 2.12. The number of nitriles is 1. The molecule has 0 aliphatic heterocycles. The maximum absolute atomic E-state index is 12.5. The molecule has 0 aliphatic rings. The molecule has 134 valence electrons. The molecule has 2 aromatic rings. The third-order valence-corrected chi connectivity index (χ3v) is 4.24. The van der Waals surface area contributed by atoms with Crippen molar-refractivity contribution in [3.63, 3.8) is 0 Å². The van der Waals surface area contributed by atoms with Crippen molar-refractivity contribution < 1.29 is 4.79 Å². The standard InChI is InChI=1S/C22H25N3O/c1-14(2)18-6-8-20(9-7-18)24-13-19(12-23)22(26)25-21-16(4)10-15(3)11-17(21)5/h6-11,13-14,24H,1-5H3,(H,25,26)/b19-13-. The first-order valence-corrected chi connectivity index (χ1v) is 8.67. The van der Waals surface area contributed by atoms with Crippen molar-refractivity contribution in [3.8, 4) is 6.07 Å². The molecule has 0 saturated heterocycles. The van der Waals surface area contributed by atoms with Crippen LogP contribution in [0.3, 0.4) is 0 Å². The van der Waals surface area contributed by atoms with Crippen LogP contribution in [0.5, 0.6) is 0 Å². The Morgan fingerprint density at radius 1 is 1.08 bits per heavy atom. The number of amides is 1. The van der Waals surface area contributed by atoms with Crippen LogP contribution in [0.1, 0.15) is 42.0 Å². The number of carbonyl (C=O) groups excluding carboxylic acids is 1. The van der Waals surface area contributed by atoms with Crippen LogP contribution in [0.15, 0.2) is 48.2 Å². The fraction of sp³-hybridized carbons (Fsp3) is 0.273. The minimum Gasteiger partial charge on any atom is -0.360 e. The van der Waals surface area contributed by atoms with Crippen molar-refractivity contribution >= 4 is 17.3 Å². The van der Waals surface area contributed by atoms with E-state index in [9.17, 15) is 10.1 Å². The van der Waals surface area contributed by atoms with Crippen molar-refractivity contribution in [3.05, 3.63) is 70.4 Å². The van der Waals surface area contributed by atoms with Crippen molar-refractivity contribution in [1.29, 1.82) is 5.26 Å². The number of nitrogens with one attached hydrogen (secondary N) is 2. The van der Waals surface area contributed by atoms with Gasteiger partial charge in [-0.3, -0.25) is 4.79 Å². The summed E-state index contributed by atoms with van der Waals surface area (Å²) in [6, 6.07) is 13.9. The van der Waals surface area contributed by atoms with E-state index in [1.165, 1.54) is 11.8 Å². The number of anilines is 2. The number of rotatable bonds is 5. The van der Waals surface area contributed by atoms with E-state index < -0.39 is 5.91 Å². The third-order valence-electron chi connectivity index (χ3n) is 4.24. The van der Waals surface area contributed by atoms with Crippen molar-refractivity contribution in [2.45, 2.75) is 40.5 Å². The number of nitrogens with zero attached hydrogens (tertiary/aromatic N) is 1. The van der Waals surface area contributed by atoms with Crippen molar-refractivity contribution in [1.82, 2.24) is 0 Å². The van der Waals surface area contributed by atoms with E-state index in [-0.39, 0.29) is 5.57 Å². The van der Waals surface area contributed by atoms with Crippen LogP contribution in [0.25, 0.3) is 0 Å². The summed E-state index contributed by atoms with van der Waals surface area (Å²) in [7, 11) is 0. The molecule has 1 amide bonds. The van der Waals surface area contributed by atoms with Gasteiger partial charge in [-0.05, 0) is 55.5 Å². The number of aryl methyl sites for hydroxylation is 3. The molecule has 0 aromatic heterocycles. The van der Waals surface area contributed by atoms with Gasteiger partial charge < -0.3 is 10.6 Å². The fourth-order valence-electron chi connectivity index (χ4n) is 2.83. The highest BCUT2D eigenvalue weighted by molar-refractivity contribution is 6.07. The van der Waals surface area contributed by atoms with E-state index in [2.05, 4.69) is 24.5 Å². The summed E-state index contributed by atoms with van der Waals surface area (Å²) in [5.74, 6) is 0.0369. The minimum atomic E-state index is -0.422. The lowest BCUT2D eigenvalue weighted by atomic mass is 10.0. The first-order chi connectivity index (χ1) is 12.3. The summed E-state index contributed by atoms with van der Waals surface area (Å²) in [5.41, 5.74) is 5.94. The number of carbonyl (C=O) groups is 1. The Bertz CT molecular complexity index is 848. The van der Waals surface area contributed by atoms with Gasteiger partial charge in [-0.1, -0.05) is 43.7 Å². The van der Waals surface area contributed by atoms with E-state index in [0.29, 0.717) is 5.92 Å². The molecular formula is C22H25N3O. The molecule has 0 aliphatic carbocycles. The molecular weight excluding hydrogens is 322 g/mol. The lowest BCUT2D eigenvalue weighted by Crippen LogP contribution is -2.16. The van der Waals surface area contributed by atoms with Crippen LogP contribution >= 0.6 is 0 Å². The van der Waals surface area contributed by atoms with Crippen LogP contribution in [0.2, 0.25) is 0 Å². The fourth-order valence-corrected chi connectivity index (χ4v) is 2.83. The highest BCUT2D eigenvalue weighted by atomic mass is 16.1. The van der Waals surface area contributed by atoms with E-state index in [4.69, 9.17) is 0 Å². The SMILES string of the molecule is Cc1cc(C)c(NC(=O)/C(C#N)=C\Nc2ccc(C(C)C)cc2)c(C)c1. The minimum absolute atomic E-state index is 0.0253. The Labute approximate surface area is 155 Å². The first kappa shape index (κ1) is 19.3. The van der Waals surface area contributed by atoms with E-state index in [1.54, 1.807) is 0 Å². The van der Waals surface area contributed by atoms with Gasteiger partial charge in [0.1, 0.15) is 11.6 Å². The molecule has 26 heavy (non-hydrogen) atoms. The van der Waals surface area contributed by atoms with E-state index in [1.807, 2.05) is 63.2 Å². The Hall–Kier alpha value is -3.06. The molecule has 4 nitrogen and oxygen atoms in total. The number of benzene rings is 2. The Morgan fingerprint density at radius 3 is 2.15 bits per heavy atom. The summed E-state index contributed by atoms with van der Waals surface area (Å²) in [4.78, 5) is 12.5. The monoisotopic (exact) mass is 347 g/mol. The van der Waals surface area contributed by atoms with Crippen LogP contribution in [0, 0.1) is 32.1 Å². The summed E-state index contributed by atoms with van der Waals surface area (Å²) in [6.45, 7) is 10.2. The molecule has 0 heterocycles. The maximum Gasteiger partial charge on any atom is 0.267 e. The smallest absolute Gasteiger partial charge is 0.267 e. The Balaban J connectivity index is 2.13. The van der Waals surface area contributed by atoms with Crippen LogP contribution in [-0.4, -0.2) is 5.91 Å². The second-order valence-electron chi connectivity index (χ2n) is 6.82. The van der Waals surface area contributed by atoms with Crippen LogP contribution < -0.4 is 10.6 Å². The normalized spacial score (nSPS) is 11.2. The molecule has 0 bridgehead atoms. The number of hydrogen-bond acceptors (Lipinski definition) is 3. The summed E-state index contributed by atoms with van der Waals surface area (Å²) in [5, 5.41) is 15.2. The average Bonchev–Trinajstić information content (AvgIpc) is 2.59. The lowest BCUT2D eigenvalue weighted by molar-refractivity contribution is -0.112. The van der Waals surface area contributed by atoms with Gasteiger partial charge in [0.25, 0.3) is 5.91 Å². The highest BCUT2D eigenvalue weighted by Crippen LogP contribution is 2.22. The van der Waals surface area contributed by atoms with Crippen molar-refractivity contribution in [2.75, 3.05) is 10.6 Å². The third kappa shape index (κ3) is 4.73. The zero-order valence-electron chi connectivity index (χ0n) is 16.0. The van der Waals surface area contributed by atoms with Gasteiger partial charge in [0.2, 0.25) is 0 Å². The Morgan fingerprint density at radius 2 is 1.65 bits per heavy atom. The van der Waals surface area contributed by atoms with Gasteiger partial charge in [-0.15, -0.1) is 0 Å². The predicted octanol–water partition coefficient (Wildman–Crippen LogP) is 5.19. The van der Waals surface area contributed by atoms with Gasteiger partial charge in [-0.2, -0.15) is 5.26 Å². The zero-order chi connectivity index (χ0) is 19.3. The predicted molar refractivity (Wildman–Crippen MR) is 107 cm³/mol. The van der Waals surface area contributed by atoms with E-state index >= 15 is 0 Å². The molecule has 0 spiro atoms. The van der Waals surface area contributed by atoms with Gasteiger partial charge >= 0.3 is 0 Å². The van der Waals surface area contributed by atoms with Crippen molar-refractivity contribution in [2.24, 2.45) is 0 Å². The zero-order valence-corrected chi connectivity index (χ0v) is 16.0. The molecule has 0 unspecified atom stereocenters. The van der Waals surface area contributed by atoms with Crippen LogP contribution in [0.4, 0.5) is 11.4 Å². The Kier molecular flexibility index (Phi) is 6.19. The van der Waals surface area contributed by atoms with Gasteiger partial charge in [0, 0.05) is 17.6 Å². The topological polar surface area (TPSA) is 64.9 Å². The maximum atomic E-state index is 12.5. The average molecular weight is 347 g/mol. The van der Waals surface area contributed by atoms with Crippen LogP contribution in [-0.2, 0) is 4.79 Å². The molecule has 0 saturated carbocycles. The number of hydrogen-bond donors (Lipinski definition) is 2. The van der Waals surface area contributed by atoms with Gasteiger partial charge in [-0.25, -0.2) is 0 Å². The van der Waals surface area contributed by atoms with Gasteiger partial charge in [0.05, 0.1) is 0 Å². The second-order valence-corrected chi connectivity index (χ2v) is 6.82. The summed E-state index contributed by atoms with van der Waals surface area (Å²) < 4.78 is 0. The quantitative estimate of drug-likeness (QED) is 0.577. The molecule has 0 atom stereocenters. The molecule has 2 N–H and O–H groups in total.